The Morgan fingerprint density at radius 3 is 2.65 bits per heavy atom. The van der Waals surface area contributed by atoms with E-state index in [4.69, 9.17) is 9.84 Å². The van der Waals surface area contributed by atoms with Crippen LogP contribution >= 0.6 is 0 Å². The van der Waals surface area contributed by atoms with E-state index < -0.39 is 5.97 Å². The normalized spacial score (nSPS) is 10.6. The number of carbonyl (C=O) groups is 2. The van der Waals surface area contributed by atoms with Crippen molar-refractivity contribution in [2.75, 3.05) is 20.7 Å². The number of methoxy groups -OCH3 is 1. The third-order valence-corrected chi connectivity index (χ3v) is 2.79. The molecule has 0 fully saturated rings. The molecule has 0 aliphatic carbocycles. The van der Waals surface area contributed by atoms with Gasteiger partial charge in [-0.25, -0.2) is 4.79 Å². The van der Waals surface area contributed by atoms with Gasteiger partial charge in [-0.2, -0.15) is 0 Å². The fourth-order valence-corrected chi connectivity index (χ4v) is 1.82. The van der Waals surface area contributed by atoms with Crippen LogP contribution in [0.2, 0.25) is 0 Å². The Morgan fingerprint density at radius 1 is 1.40 bits per heavy atom. The number of carbonyl (C=O) groups excluding carboxylic acids is 1. The van der Waals surface area contributed by atoms with E-state index in [1.54, 1.807) is 30.1 Å². The molecule has 1 amide bonds. The number of benzene rings is 1. The quantitative estimate of drug-likeness (QED) is 0.810. The molecule has 0 bridgehead atoms. The maximum Gasteiger partial charge on any atom is 0.328 e. The van der Waals surface area contributed by atoms with Crippen LogP contribution in [-0.2, 0) is 4.79 Å². The van der Waals surface area contributed by atoms with Gasteiger partial charge in [0.2, 0.25) is 0 Å². The van der Waals surface area contributed by atoms with Gasteiger partial charge in [-0.1, -0.05) is 6.92 Å². The second-order valence-corrected chi connectivity index (χ2v) is 4.36. The molecule has 0 spiro atoms. The van der Waals surface area contributed by atoms with E-state index >= 15 is 0 Å². The summed E-state index contributed by atoms with van der Waals surface area (Å²) in [5.74, 6) is -0.622. The van der Waals surface area contributed by atoms with Gasteiger partial charge in [0.05, 0.1) is 7.11 Å². The van der Waals surface area contributed by atoms with Crippen molar-refractivity contribution in [2.24, 2.45) is 0 Å². The first kappa shape index (κ1) is 15.8. The Balaban J connectivity index is 3.09. The predicted octanol–water partition coefficient (Wildman–Crippen LogP) is 2.28. The summed E-state index contributed by atoms with van der Waals surface area (Å²) in [6, 6.07) is 4.97. The van der Waals surface area contributed by atoms with E-state index in [0.717, 1.165) is 12.5 Å². The number of ether oxygens (including phenoxy) is 1. The van der Waals surface area contributed by atoms with E-state index in [1.807, 2.05) is 6.92 Å². The molecular weight excluding hydrogens is 258 g/mol. The molecule has 0 saturated carbocycles. The van der Waals surface area contributed by atoms with Gasteiger partial charge in [0.25, 0.3) is 5.91 Å². The van der Waals surface area contributed by atoms with Crippen LogP contribution in [0.5, 0.6) is 5.75 Å². The largest absolute Gasteiger partial charge is 0.496 e. The summed E-state index contributed by atoms with van der Waals surface area (Å²) in [6.45, 7) is 2.67. The van der Waals surface area contributed by atoms with Crippen molar-refractivity contribution in [3.05, 3.63) is 35.4 Å². The van der Waals surface area contributed by atoms with Crippen molar-refractivity contribution in [1.82, 2.24) is 4.90 Å². The monoisotopic (exact) mass is 277 g/mol. The van der Waals surface area contributed by atoms with Crippen molar-refractivity contribution in [1.29, 1.82) is 0 Å². The van der Waals surface area contributed by atoms with Crippen LogP contribution in [0.3, 0.4) is 0 Å². The number of carboxylic acid groups (broad SMARTS) is 1. The number of rotatable bonds is 6. The lowest BCUT2D eigenvalue weighted by Gasteiger charge is -2.16. The minimum atomic E-state index is -1.05. The zero-order valence-electron chi connectivity index (χ0n) is 11.9. The van der Waals surface area contributed by atoms with E-state index in [9.17, 15) is 9.59 Å². The lowest BCUT2D eigenvalue weighted by atomic mass is 10.1. The van der Waals surface area contributed by atoms with Crippen molar-refractivity contribution < 1.29 is 19.4 Å². The highest BCUT2D eigenvalue weighted by Gasteiger charge is 2.12. The fourth-order valence-electron chi connectivity index (χ4n) is 1.82. The maximum atomic E-state index is 12.2. The first-order chi connectivity index (χ1) is 9.49. The van der Waals surface area contributed by atoms with Gasteiger partial charge in [0.1, 0.15) is 5.75 Å². The molecule has 0 aliphatic rings. The first-order valence-corrected chi connectivity index (χ1v) is 6.34. The van der Waals surface area contributed by atoms with Crippen LogP contribution in [0.25, 0.3) is 6.08 Å². The Bertz CT molecular complexity index is 523. The van der Waals surface area contributed by atoms with E-state index in [1.165, 1.54) is 13.2 Å². The molecule has 0 heterocycles. The number of nitrogens with zero attached hydrogens (tertiary/aromatic N) is 1. The predicted molar refractivity (Wildman–Crippen MR) is 76.9 cm³/mol. The lowest BCUT2D eigenvalue weighted by Crippen LogP contribution is -2.27. The minimum absolute atomic E-state index is 0.0977. The lowest BCUT2D eigenvalue weighted by molar-refractivity contribution is -0.131. The van der Waals surface area contributed by atoms with Crippen molar-refractivity contribution >= 4 is 18.0 Å². The minimum Gasteiger partial charge on any atom is -0.496 e. The second kappa shape index (κ2) is 7.33. The summed E-state index contributed by atoms with van der Waals surface area (Å²) in [4.78, 5) is 24.4. The number of hydrogen-bond acceptors (Lipinski definition) is 3. The molecule has 0 unspecified atom stereocenters. The molecule has 20 heavy (non-hydrogen) atoms. The van der Waals surface area contributed by atoms with Crippen LogP contribution in [0, 0.1) is 0 Å². The molecular formula is C15H19NO4. The summed E-state index contributed by atoms with van der Waals surface area (Å²) in [5, 5.41) is 8.67. The van der Waals surface area contributed by atoms with Gasteiger partial charge < -0.3 is 14.7 Å². The van der Waals surface area contributed by atoms with Gasteiger partial charge in [-0.15, -0.1) is 0 Å². The number of hydrogen-bond donors (Lipinski definition) is 1. The highest BCUT2D eigenvalue weighted by Crippen LogP contribution is 2.22. The van der Waals surface area contributed by atoms with E-state index in [0.29, 0.717) is 23.4 Å². The Kier molecular flexibility index (Phi) is 5.77. The molecule has 1 N–H and O–H groups in total. The summed E-state index contributed by atoms with van der Waals surface area (Å²) < 4.78 is 5.15. The average Bonchev–Trinajstić information content (AvgIpc) is 2.44. The van der Waals surface area contributed by atoms with Gasteiger partial charge in [0.15, 0.2) is 0 Å². The molecule has 5 nitrogen and oxygen atoms in total. The van der Waals surface area contributed by atoms with Crippen molar-refractivity contribution in [2.45, 2.75) is 13.3 Å². The standard InChI is InChI=1S/C15H19NO4/c1-4-9-16(2)15(19)12-5-7-13(20-3)11(10-12)6-8-14(17)18/h5-8,10H,4,9H2,1-3H3,(H,17,18). The van der Waals surface area contributed by atoms with E-state index in [-0.39, 0.29) is 5.91 Å². The maximum absolute atomic E-state index is 12.2. The summed E-state index contributed by atoms with van der Waals surface area (Å²) in [5.41, 5.74) is 1.07. The summed E-state index contributed by atoms with van der Waals surface area (Å²) in [6.07, 6.45) is 3.31. The zero-order valence-corrected chi connectivity index (χ0v) is 11.9. The molecule has 0 atom stereocenters. The van der Waals surface area contributed by atoms with Crippen molar-refractivity contribution in [3.63, 3.8) is 0 Å². The van der Waals surface area contributed by atoms with Crippen LogP contribution in [0.4, 0.5) is 0 Å². The van der Waals surface area contributed by atoms with Gasteiger partial charge in [-0.05, 0) is 30.7 Å². The highest BCUT2D eigenvalue weighted by molar-refractivity contribution is 5.95. The molecule has 1 aromatic rings. The number of aliphatic carboxylic acids is 1. The molecule has 0 aliphatic heterocycles. The Labute approximate surface area is 118 Å². The first-order valence-electron chi connectivity index (χ1n) is 6.34. The molecule has 0 aromatic heterocycles. The van der Waals surface area contributed by atoms with Crippen molar-refractivity contribution in [3.8, 4) is 5.75 Å². The van der Waals surface area contributed by atoms with Gasteiger partial charge in [0, 0.05) is 30.8 Å². The third kappa shape index (κ3) is 4.12. The topological polar surface area (TPSA) is 66.8 Å². The van der Waals surface area contributed by atoms with Crippen LogP contribution in [0.15, 0.2) is 24.3 Å². The van der Waals surface area contributed by atoms with Crippen LogP contribution < -0.4 is 4.74 Å². The third-order valence-electron chi connectivity index (χ3n) is 2.79. The molecule has 1 rings (SSSR count). The second-order valence-electron chi connectivity index (χ2n) is 4.36. The van der Waals surface area contributed by atoms with Gasteiger partial charge in [-0.3, -0.25) is 4.79 Å². The van der Waals surface area contributed by atoms with E-state index in [2.05, 4.69) is 0 Å². The molecule has 108 valence electrons. The highest BCUT2D eigenvalue weighted by atomic mass is 16.5. The molecule has 0 saturated heterocycles. The molecule has 0 radical (unpaired) electrons. The Hall–Kier alpha value is -2.30. The van der Waals surface area contributed by atoms with Gasteiger partial charge >= 0.3 is 5.97 Å². The zero-order chi connectivity index (χ0) is 15.1. The molecule has 1 aromatic carbocycles. The van der Waals surface area contributed by atoms with Crippen LogP contribution in [0.1, 0.15) is 29.3 Å². The Morgan fingerprint density at radius 2 is 2.10 bits per heavy atom. The SMILES string of the molecule is CCCN(C)C(=O)c1ccc(OC)c(C=CC(=O)O)c1. The summed E-state index contributed by atoms with van der Waals surface area (Å²) >= 11 is 0. The number of amides is 1. The molecule has 5 heteroatoms. The fraction of sp³-hybridized carbons (Fsp3) is 0.333. The summed E-state index contributed by atoms with van der Waals surface area (Å²) in [7, 11) is 3.24. The smallest absolute Gasteiger partial charge is 0.328 e. The average molecular weight is 277 g/mol. The number of carboxylic acids is 1. The van der Waals surface area contributed by atoms with Crippen LogP contribution in [-0.4, -0.2) is 42.6 Å².